The number of amides is 1. The molecule has 1 aliphatic heterocycles. The molecule has 2 aliphatic carbocycles. The lowest BCUT2D eigenvalue weighted by atomic mass is 9.93. The molecule has 3 aliphatic rings. The van der Waals surface area contributed by atoms with E-state index in [2.05, 4.69) is 20.5 Å². The van der Waals surface area contributed by atoms with E-state index in [1.54, 1.807) is 12.3 Å². The number of anilines is 1. The van der Waals surface area contributed by atoms with Crippen LogP contribution >= 0.6 is 0 Å². The molecule has 8 nitrogen and oxygen atoms in total. The summed E-state index contributed by atoms with van der Waals surface area (Å²) in [7, 11) is 0. The van der Waals surface area contributed by atoms with Crippen LogP contribution in [0.15, 0.2) is 22.7 Å². The average Bonchev–Trinajstić information content (AvgIpc) is 3.63. The number of ether oxygens (including phenoxy) is 1. The molecular formula is C20H25N5O3. The predicted molar refractivity (Wildman–Crippen MR) is 102 cm³/mol. The zero-order valence-corrected chi connectivity index (χ0v) is 16.1. The minimum Gasteiger partial charge on any atom is -0.474 e. The van der Waals surface area contributed by atoms with Gasteiger partial charge in [0.1, 0.15) is 12.1 Å². The molecule has 1 saturated heterocycles. The summed E-state index contributed by atoms with van der Waals surface area (Å²) in [5.74, 6) is 1.05. The number of rotatable bonds is 6. The standard InChI is InChI=1S/C20H25N5O3/c1-13(18(26)25-10-8-20(6-7-20)9-11-25)22-19-24-23-17(28-19)14-2-5-16(21-12-14)27-15-3-4-15/h2,5,12-13,15H,3-4,6-11H2,1H3,(H,22,24)/t13-/m1/s1. The van der Waals surface area contributed by atoms with Crippen molar-refractivity contribution < 1.29 is 13.9 Å². The van der Waals surface area contributed by atoms with Crippen LogP contribution in [0.1, 0.15) is 45.4 Å². The van der Waals surface area contributed by atoms with E-state index in [-0.39, 0.29) is 11.9 Å². The van der Waals surface area contributed by atoms with Crippen molar-refractivity contribution in [2.24, 2.45) is 5.41 Å². The smallest absolute Gasteiger partial charge is 0.316 e. The summed E-state index contributed by atoms with van der Waals surface area (Å²) in [6.45, 7) is 3.53. The third-order valence-corrected chi connectivity index (χ3v) is 6.02. The first kappa shape index (κ1) is 17.5. The van der Waals surface area contributed by atoms with Gasteiger partial charge in [0.05, 0.1) is 5.56 Å². The molecular weight excluding hydrogens is 358 g/mol. The molecule has 2 aromatic heterocycles. The molecule has 5 rings (SSSR count). The minimum atomic E-state index is -0.408. The van der Waals surface area contributed by atoms with Crippen LogP contribution in [0.3, 0.4) is 0 Å². The molecule has 1 amide bonds. The lowest BCUT2D eigenvalue weighted by molar-refractivity contribution is -0.133. The SMILES string of the molecule is C[C@@H](Nc1nnc(-c2ccc(OC3CC3)nc2)o1)C(=O)N1CCC2(CC1)CC2. The Hall–Kier alpha value is -2.64. The van der Waals surface area contributed by atoms with Gasteiger partial charge in [0.15, 0.2) is 0 Å². The molecule has 0 bridgehead atoms. The maximum Gasteiger partial charge on any atom is 0.316 e. The van der Waals surface area contributed by atoms with Gasteiger partial charge in [0, 0.05) is 25.4 Å². The van der Waals surface area contributed by atoms with Gasteiger partial charge in [-0.15, -0.1) is 5.10 Å². The molecule has 3 heterocycles. The summed E-state index contributed by atoms with van der Waals surface area (Å²) in [5.41, 5.74) is 1.27. The van der Waals surface area contributed by atoms with E-state index in [9.17, 15) is 4.79 Å². The number of pyridine rings is 1. The van der Waals surface area contributed by atoms with Crippen molar-refractivity contribution in [2.75, 3.05) is 18.4 Å². The Morgan fingerprint density at radius 2 is 2.04 bits per heavy atom. The van der Waals surface area contributed by atoms with E-state index < -0.39 is 6.04 Å². The number of nitrogens with one attached hydrogen (secondary N) is 1. The molecule has 1 atom stereocenters. The minimum absolute atomic E-state index is 0.0819. The Labute approximate surface area is 163 Å². The molecule has 1 spiro atoms. The van der Waals surface area contributed by atoms with Crippen LogP contribution in [-0.2, 0) is 4.79 Å². The van der Waals surface area contributed by atoms with Crippen LogP contribution < -0.4 is 10.1 Å². The highest BCUT2D eigenvalue weighted by Gasteiger charge is 2.45. The Kier molecular flexibility index (Phi) is 4.21. The molecule has 0 radical (unpaired) electrons. The first-order valence-corrected chi connectivity index (χ1v) is 10.1. The number of aromatic nitrogens is 3. The van der Waals surface area contributed by atoms with Gasteiger partial charge in [-0.3, -0.25) is 4.79 Å². The van der Waals surface area contributed by atoms with Crippen LogP contribution in [0, 0.1) is 5.41 Å². The third-order valence-electron chi connectivity index (χ3n) is 6.02. The number of carbonyl (C=O) groups excluding carboxylic acids is 1. The van der Waals surface area contributed by atoms with Gasteiger partial charge in [-0.05, 0) is 56.9 Å². The molecule has 148 valence electrons. The summed E-state index contributed by atoms with van der Waals surface area (Å²) < 4.78 is 11.3. The zero-order chi connectivity index (χ0) is 19.1. The summed E-state index contributed by atoms with van der Waals surface area (Å²) in [5, 5.41) is 11.1. The normalized spacial score (nSPS) is 21.4. The highest BCUT2D eigenvalue weighted by Crippen LogP contribution is 2.53. The average molecular weight is 383 g/mol. The molecule has 2 aromatic rings. The third kappa shape index (κ3) is 3.68. The Bertz CT molecular complexity index is 847. The van der Waals surface area contributed by atoms with Gasteiger partial charge in [0.2, 0.25) is 11.8 Å². The summed E-state index contributed by atoms with van der Waals surface area (Å²) >= 11 is 0. The Balaban J connectivity index is 1.18. The van der Waals surface area contributed by atoms with E-state index in [4.69, 9.17) is 9.15 Å². The van der Waals surface area contributed by atoms with Gasteiger partial charge < -0.3 is 19.4 Å². The highest BCUT2D eigenvalue weighted by atomic mass is 16.5. The fraction of sp³-hybridized carbons (Fsp3) is 0.600. The number of carbonyl (C=O) groups is 1. The van der Waals surface area contributed by atoms with Crippen molar-refractivity contribution in [1.29, 1.82) is 0 Å². The van der Waals surface area contributed by atoms with E-state index >= 15 is 0 Å². The number of hydrogen-bond acceptors (Lipinski definition) is 7. The quantitative estimate of drug-likeness (QED) is 0.820. The summed E-state index contributed by atoms with van der Waals surface area (Å²) in [4.78, 5) is 18.9. The summed E-state index contributed by atoms with van der Waals surface area (Å²) in [6.07, 6.45) is 9.07. The highest BCUT2D eigenvalue weighted by molar-refractivity contribution is 5.83. The molecule has 2 saturated carbocycles. The Morgan fingerprint density at radius 3 is 2.68 bits per heavy atom. The monoisotopic (exact) mass is 383 g/mol. The first-order valence-electron chi connectivity index (χ1n) is 10.1. The van der Waals surface area contributed by atoms with E-state index in [0.29, 0.717) is 28.9 Å². The molecule has 0 unspecified atom stereocenters. The fourth-order valence-electron chi connectivity index (χ4n) is 3.73. The largest absolute Gasteiger partial charge is 0.474 e. The van der Waals surface area contributed by atoms with Crippen molar-refractivity contribution >= 4 is 11.9 Å². The van der Waals surface area contributed by atoms with Gasteiger partial charge >= 0.3 is 6.01 Å². The fourth-order valence-corrected chi connectivity index (χ4v) is 3.73. The van der Waals surface area contributed by atoms with E-state index in [1.807, 2.05) is 17.9 Å². The van der Waals surface area contributed by atoms with Crippen LogP contribution in [0.2, 0.25) is 0 Å². The molecule has 28 heavy (non-hydrogen) atoms. The van der Waals surface area contributed by atoms with Crippen molar-refractivity contribution in [3.05, 3.63) is 18.3 Å². The number of likely N-dealkylation sites (tertiary alicyclic amines) is 1. The summed E-state index contributed by atoms with van der Waals surface area (Å²) in [6, 6.07) is 3.48. The second-order valence-corrected chi connectivity index (χ2v) is 8.31. The van der Waals surface area contributed by atoms with Crippen molar-refractivity contribution in [1.82, 2.24) is 20.1 Å². The zero-order valence-electron chi connectivity index (χ0n) is 16.1. The van der Waals surface area contributed by atoms with Crippen LogP contribution in [-0.4, -0.2) is 51.2 Å². The lowest BCUT2D eigenvalue weighted by Crippen LogP contribution is -2.45. The number of hydrogen-bond donors (Lipinski definition) is 1. The molecule has 8 heteroatoms. The lowest BCUT2D eigenvalue weighted by Gasteiger charge is -2.33. The van der Waals surface area contributed by atoms with Gasteiger partial charge in [-0.25, -0.2) is 4.98 Å². The molecule has 3 fully saturated rings. The Morgan fingerprint density at radius 1 is 1.25 bits per heavy atom. The van der Waals surface area contributed by atoms with Crippen molar-refractivity contribution in [3.8, 4) is 17.3 Å². The topological polar surface area (TPSA) is 93.4 Å². The molecule has 1 N–H and O–H groups in total. The second-order valence-electron chi connectivity index (χ2n) is 8.31. The predicted octanol–water partition coefficient (Wildman–Crippen LogP) is 2.88. The second kappa shape index (κ2) is 6.76. The van der Waals surface area contributed by atoms with Crippen molar-refractivity contribution in [2.45, 2.75) is 57.6 Å². The van der Waals surface area contributed by atoms with Crippen LogP contribution in [0.25, 0.3) is 11.5 Å². The van der Waals surface area contributed by atoms with Crippen LogP contribution in [0.4, 0.5) is 6.01 Å². The van der Waals surface area contributed by atoms with Gasteiger partial charge in [0.25, 0.3) is 5.89 Å². The van der Waals surface area contributed by atoms with Gasteiger partial charge in [-0.2, -0.15) is 0 Å². The maximum atomic E-state index is 12.7. The molecule has 0 aromatic carbocycles. The van der Waals surface area contributed by atoms with Gasteiger partial charge in [-0.1, -0.05) is 5.10 Å². The van der Waals surface area contributed by atoms with E-state index in [1.165, 1.54) is 12.8 Å². The van der Waals surface area contributed by atoms with Crippen molar-refractivity contribution in [3.63, 3.8) is 0 Å². The van der Waals surface area contributed by atoms with Crippen LogP contribution in [0.5, 0.6) is 5.88 Å². The number of piperidine rings is 1. The number of nitrogens with zero attached hydrogens (tertiary/aromatic N) is 4. The maximum absolute atomic E-state index is 12.7. The van der Waals surface area contributed by atoms with E-state index in [0.717, 1.165) is 38.8 Å². The first-order chi connectivity index (χ1) is 13.6.